The molecule has 8 heteroatoms. The Morgan fingerprint density at radius 3 is 2.70 bits per heavy atom. The zero-order valence-corrected chi connectivity index (χ0v) is 19.3. The molecule has 0 aliphatic carbocycles. The molecule has 0 radical (unpaired) electrons. The predicted octanol–water partition coefficient (Wildman–Crippen LogP) is 4.86. The van der Waals surface area contributed by atoms with Crippen molar-refractivity contribution in [3.63, 3.8) is 0 Å². The van der Waals surface area contributed by atoms with Crippen LogP contribution in [0, 0.1) is 5.82 Å². The topological polar surface area (TPSA) is 67.6 Å². The van der Waals surface area contributed by atoms with Crippen LogP contribution in [0.2, 0.25) is 5.02 Å². The average molecular weight is 472 g/mol. The number of aromatic nitrogens is 1. The number of oxazole rings is 1. The molecule has 0 bridgehead atoms. The van der Waals surface area contributed by atoms with Crippen LogP contribution in [0.15, 0.2) is 53.1 Å². The number of ether oxygens (including phenoxy) is 1. The summed E-state index contributed by atoms with van der Waals surface area (Å²) in [6.45, 7) is 2.38. The molecule has 174 valence electrons. The number of carbonyl (C=O) groups excluding carboxylic acids is 1. The van der Waals surface area contributed by atoms with Gasteiger partial charge in [0.25, 0.3) is 0 Å². The molecule has 0 unspecified atom stereocenters. The van der Waals surface area contributed by atoms with E-state index in [2.05, 4.69) is 15.2 Å². The minimum atomic E-state index is -0.344. The number of hydrogen-bond donors (Lipinski definition) is 1. The van der Waals surface area contributed by atoms with Gasteiger partial charge in [-0.1, -0.05) is 17.7 Å². The Balaban J connectivity index is 1.19. The zero-order valence-electron chi connectivity index (χ0n) is 18.5. The van der Waals surface area contributed by atoms with Gasteiger partial charge in [-0.3, -0.25) is 9.69 Å². The molecule has 1 amide bonds. The van der Waals surface area contributed by atoms with E-state index in [1.165, 1.54) is 13.2 Å². The second-order valence-corrected chi connectivity index (χ2v) is 8.65. The lowest BCUT2D eigenvalue weighted by Gasteiger charge is -2.32. The van der Waals surface area contributed by atoms with Gasteiger partial charge in [-0.15, -0.1) is 0 Å². The van der Waals surface area contributed by atoms with E-state index in [0.717, 1.165) is 37.1 Å². The molecule has 0 atom stereocenters. The molecule has 0 spiro atoms. The van der Waals surface area contributed by atoms with E-state index in [4.69, 9.17) is 20.8 Å². The van der Waals surface area contributed by atoms with E-state index in [0.29, 0.717) is 36.1 Å². The molecule has 1 N–H and O–H groups in total. The maximum Gasteiger partial charge on any atom is 0.220 e. The first-order valence-electron chi connectivity index (χ1n) is 11.0. The van der Waals surface area contributed by atoms with Crippen LogP contribution in [0.1, 0.15) is 30.7 Å². The Hall–Kier alpha value is -2.90. The molecular weight excluding hydrogens is 445 g/mol. The summed E-state index contributed by atoms with van der Waals surface area (Å²) in [6, 6.07) is 12.6. The van der Waals surface area contributed by atoms with Crippen LogP contribution < -0.4 is 10.1 Å². The molecule has 1 fully saturated rings. The number of benzene rings is 2. The van der Waals surface area contributed by atoms with Gasteiger partial charge in [-0.05, 0) is 54.8 Å². The van der Waals surface area contributed by atoms with E-state index >= 15 is 0 Å². The number of amides is 1. The van der Waals surface area contributed by atoms with Crippen molar-refractivity contribution in [3.8, 4) is 17.1 Å². The first kappa shape index (κ1) is 23.3. The number of methoxy groups -OCH3 is 1. The number of piperidine rings is 1. The van der Waals surface area contributed by atoms with Crippen molar-refractivity contribution in [2.75, 3.05) is 20.2 Å². The highest BCUT2D eigenvalue weighted by Crippen LogP contribution is 2.23. The van der Waals surface area contributed by atoms with E-state index in [1.807, 2.05) is 18.2 Å². The summed E-state index contributed by atoms with van der Waals surface area (Å²) in [5, 5.41) is 3.78. The summed E-state index contributed by atoms with van der Waals surface area (Å²) in [6.07, 6.45) is 4.17. The van der Waals surface area contributed by atoms with Crippen molar-refractivity contribution >= 4 is 17.5 Å². The number of nitrogens with one attached hydrogen (secondary N) is 1. The monoisotopic (exact) mass is 471 g/mol. The molecule has 0 saturated carbocycles. The van der Waals surface area contributed by atoms with E-state index in [-0.39, 0.29) is 23.5 Å². The van der Waals surface area contributed by atoms with E-state index in [9.17, 15) is 9.18 Å². The lowest BCUT2D eigenvalue weighted by Crippen LogP contribution is -2.44. The number of nitrogens with zero attached hydrogens (tertiary/aromatic N) is 2. The highest BCUT2D eigenvalue weighted by atomic mass is 35.5. The Bertz CT molecular complexity index is 1080. The predicted molar refractivity (Wildman–Crippen MR) is 125 cm³/mol. The first-order chi connectivity index (χ1) is 16.0. The molecule has 1 saturated heterocycles. The maximum atomic E-state index is 13.9. The summed E-state index contributed by atoms with van der Waals surface area (Å²) in [7, 11) is 1.46. The normalized spacial score (nSPS) is 14.9. The van der Waals surface area contributed by atoms with Crippen LogP contribution in [-0.4, -0.2) is 42.0 Å². The fourth-order valence-electron chi connectivity index (χ4n) is 4.00. The second kappa shape index (κ2) is 10.8. The Morgan fingerprint density at radius 2 is 2.00 bits per heavy atom. The smallest absolute Gasteiger partial charge is 0.220 e. The van der Waals surface area contributed by atoms with Gasteiger partial charge in [-0.2, -0.15) is 0 Å². The van der Waals surface area contributed by atoms with Crippen molar-refractivity contribution in [2.24, 2.45) is 0 Å². The summed E-state index contributed by atoms with van der Waals surface area (Å²) in [5.41, 5.74) is 1.81. The third-order valence-corrected chi connectivity index (χ3v) is 6.08. The number of hydrogen-bond acceptors (Lipinski definition) is 5. The summed E-state index contributed by atoms with van der Waals surface area (Å²) in [5.74, 6) is 1.11. The van der Waals surface area contributed by atoms with Crippen LogP contribution in [0.3, 0.4) is 0 Å². The van der Waals surface area contributed by atoms with Crippen LogP contribution in [-0.2, 0) is 17.8 Å². The van der Waals surface area contributed by atoms with Gasteiger partial charge < -0.3 is 14.5 Å². The highest BCUT2D eigenvalue weighted by Gasteiger charge is 2.21. The van der Waals surface area contributed by atoms with E-state index in [1.54, 1.807) is 24.4 Å². The standard InChI is InChI=1S/C25H27ClFN3O3/c1-32-22-7-2-17(14-21(22)27)16-30-12-10-20(11-13-30)29-24(31)8-9-25-28-15-23(33-25)18-3-5-19(26)6-4-18/h2-7,14-15,20H,8-13,16H2,1H3,(H,29,31). The third-order valence-electron chi connectivity index (χ3n) is 5.82. The number of likely N-dealkylation sites (tertiary alicyclic amines) is 1. The van der Waals surface area contributed by atoms with Gasteiger partial charge in [0.05, 0.1) is 13.3 Å². The fraction of sp³-hybridized carbons (Fsp3) is 0.360. The molecular formula is C25H27ClFN3O3. The number of rotatable bonds is 8. The van der Waals surface area contributed by atoms with Gasteiger partial charge in [0, 0.05) is 49.1 Å². The second-order valence-electron chi connectivity index (χ2n) is 8.21. The molecule has 2 heterocycles. The van der Waals surface area contributed by atoms with Crippen molar-refractivity contribution in [2.45, 2.75) is 38.3 Å². The molecule has 6 nitrogen and oxygen atoms in total. The van der Waals surface area contributed by atoms with Gasteiger partial charge in [0.1, 0.15) is 0 Å². The minimum Gasteiger partial charge on any atom is -0.494 e. The van der Waals surface area contributed by atoms with Crippen LogP contribution in [0.25, 0.3) is 11.3 Å². The summed E-state index contributed by atoms with van der Waals surface area (Å²) < 4.78 is 24.6. The van der Waals surface area contributed by atoms with Crippen molar-refractivity contribution in [1.82, 2.24) is 15.2 Å². The molecule has 3 aromatic rings. The number of halogens is 2. The van der Waals surface area contributed by atoms with Crippen molar-refractivity contribution < 1.29 is 18.3 Å². The van der Waals surface area contributed by atoms with Crippen LogP contribution >= 0.6 is 11.6 Å². The largest absolute Gasteiger partial charge is 0.494 e. The Kier molecular flexibility index (Phi) is 7.62. The molecule has 4 rings (SSSR count). The van der Waals surface area contributed by atoms with Gasteiger partial charge in [0.2, 0.25) is 5.91 Å². The zero-order chi connectivity index (χ0) is 23.2. The highest BCUT2D eigenvalue weighted by molar-refractivity contribution is 6.30. The average Bonchev–Trinajstić information content (AvgIpc) is 3.29. The molecule has 1 aliphatic rings. The number of aryl methyl sites for hydroxylation is 1. The molecule has 2 aromatic carbocycles. The first-order valence-corrected chi connectivity index (χ1v) is 11.4. The Labute approximate surface area is 197 Å². The molecule has 1 aliphatic heterocycles. The molecule has 33 heavy (non-hydrogen) atoms. The quantitative estimate of drug-likeness (QED) is 0.508. The lowest BCUT2D eigenvalue weighted by atomic mass is 10.0. The van der Waals surface area contributed by atoms with Gasteiger partial charge in [0.15, 0.2) is 23.2 Å². The lowest BCUT2D eigenvalue weighted by molar-refractivity contribution is -0.122. The van der Waals surface area contributed by atoms with Crippen molar-refractivity contribution in [3.05, 3.63) is 71.0 Å². The molecule has 1 aromatic heterocycles. The van der Waals surface area contributed by atoms with E-state index < -0.39 is 0 Å². The fourth-order valence-corrected chi connectivity index (χ4v) is 4.12. The van der Waals surface area contributed by atoms with Crippen LogP contribution in [0.4, 0.5) is 4.39 Å². The van der Waals surface area contributed by atoms with Crippen LogP contribution in [0.5, 0.6) is 5.75 Å². The third kappa shape index (κ3) is 6.33. The van der Waals surface area contributed by atoms with Gasteiger partial charge >= 0.3 is 0 Å². The Morgan fingerprint density at radius 1 is 1.24 bits per heavy atom. The number of carbonyl (C=O) groups is 1. The SMILES string of the molecule is COc1ccc(CN2CCC(NC(=O)CCc3ncc(-c4ccc(Cl)cc4)o3)CC2)cc1F. The van der Waals surface area contributed by atoms with Crippen molar-refractivity contribution in [1.29, 1.82) is 0 Å². The minimum absolute atomic E-state index is 0.00285. The summed E-state index contributed by atoms with van der Waals surface area (Å²) in [4.78, 5) is 19.0. The summed E-state index contributed by atoms with van der Waals surface area (Å²) >= 11 is 5.92. The maximum absolute atomic E-state index is 13.9. The van der Waals surface area contributed by atoms with Gasteiger partial charge in [-0.25, -0.2) is 9.37 Å².